The minimum Gasteiger partial charge on any atom is -0.355 e. The van der Waals surface area contributed by atoms with Crippen LogP contribution >= 0.6 is 0 Å². The number of H-pyrrole nitrogens is 1. The van der Waals surface area contributed by atoms with Gasteiger partial charge in [-0.05, 0) is 12.1 Å². The average molecular weight is 234 g/mol. The van der Waals surface area contributed by atoms with Crippen LogP contribution in [0.2, 0.25) is 0 Å². The fourth-order valence-corrected chi connectivity index (χ4v) is 2.25. The van der Waals surface area contributed by atoms with Crippen molar-refractivity contribution < 1.29 is 0 Å². The molecule has 0 saturated carbocycles. The molecule has 8 radical (unpaired) electrons. The Kier molecular flexibility index (Phi) is 2.63. The molecule has 0 amide bonds. The quantitative estimate of drug-likeness (QED) is 0.349. The van der Waals surface area contributed by atoms with E-state index < -0.39 is 0 Å². The van der Waals surface area contributed by atoms with Gasteiger partial charge >= 0.3 is 0 Å². The van der Waals surface area contributed by atoms with Gasteiger partial charge in [0.05, 0.1) is 0 Å². The van der Waals surface area contributed by atoms with Gasteiger partial charge < -0.3 is 4.98 Å². The van der Waals surface area contributed by atoms with Crippen LogP contribution in [0.4, 0.5) is 0 Å². The molecule has 0 saturated heterocycles. The van der Waals surface area contributed by atoms with Crippen molar-refractivity contribution in [1.29, 1.82) is 0 Å². The third-order valence-corrected chi connectivity index (χ3v) is 3.32. The van der Waals surface area contributed by atoms with E-state index in [2.05, 4.69) is 4.98 Å². The zero-order valence-electron chi connectivity index (χ0n) is 10.0. The van der Waals surface area contributed by atoms with Crippen LogP contribution in [0.25, 0.3) is 21.8 Å². The largest absolute Gasteiger partial charge is 0.355 e. The summed E-state index contributed by atoms with van der Waals surface area (Å²) in [6, 6.07) is 7.11. The normalized spacial score (nSPS) is 11.2. The van der Waals surface area contributed by atoms with Gasteiger partial charge in [0.25, 0.3) is 0 Å². The number of benzene rings is 2. The molecule has 3 rings (SSSR count). The molecule has 80 valence electrons. The minimum atomic E-state index is -0.208. The smallest absolute Gasteiger partial charge is 0.196 e. The first-order valence-electron chi connectivity index (χ1n) is 5.69. The van der Waals surface area contributed by atoms with Crippen molar-refractivity contribution >= 4 is 75.0 Å². The third kappa shape index (κ3) is 1.59. The summed E-state index contributed by atoms with van der Waals surface area (Å²) >= 11 is 0. The van der Waals surface area contributed by atoms with Crippen LogP contribution in [-0.4, -0.2) is 36.4 Å². The van der Waals surface area contributed by atoms with Crippen LogP contribution in [0.15, 0.2) is 29.1 Å². The molecule has 1 N–H and O–H groups in total. The molecule has 2 aromatic carbocycles. The molecule has 19 heavy (non-hydrogen) atoms. The summed E-state index contributed by atoms with van der Waals surface area (Å²) in [4.78, 5) is 15.6. The molecule has 0 aliphatic carbocycles. The van der Waals surface area contributed by atoms with E-state index in [0.29, 0.717) is 16.4 Å². The van der Waals surface area contributed by atoms with Gasteiger partial charge in [-0.15, -0.1) is 10.9 Å². The highest BCUT2D eigenvalue weighted by Crippen LogP contribution is 2.10. The average Bonchev–Trinajstić information content (AvgIpc) is 2.43. The van der Waals surface area contributed by atoms with Gasteiger partial charge in [-0.3, -0.25) is 4.79 Å². The second-order valence-corrected chi connectivity index (χ2v) is 4.40. The number of fused-ring (bicyclic) bond motifs is 2. The summed E-state index contributed by atoms with van der Waals surface area (Å²) in [5, 5.41) is 0.813. The minimum absolute atomic E-state index is 0.144. The number of aromatic nitrogens is 1. The SMILES string of the molecule is [B]c1c([B])c([B])c2c(=O)c3ccccc3[nH]c2c1[B]. The van der Waals surface area contributed by atoms with Gasteiger partial charge in [0.1, 0.15) is 31.4 Å². The maximum Gasteiger partial charge on any atom is 0.196 e. The Bertz CT molecular complexity index is 885. The Morgan fingerprint density at radius 1 is 0.842 bits per heavy atom. The molecule has 0 aliphatic heterocycles. The highest BCUT2D eigenvalue weighted by Gasteiger charge is 2.12. The lowest BCUT2D eigenvalue weighted by Crippen LogP contribution is -2.49. The Morgan fingerprint density at radius 2 is 1.47 bits per heavy atom. The van der Waals surface area contributed by atoms with Gasteiger partial charge in [0, 0.05) is 21.8 Å². The first-order valence-corrected chi connectivity index (χ1v) is 5.69. The molecule has 0 aliphatic rings. The first-order chi connectivity index (χ1) is 9.02. The van der Waals surface area contributed by atoms with Gasteiger partial charge in [0.15, 0.2) is 5.43 Å². The van der Waals surface area contributed by atoms with Gasteiger partial charge in [0.2, 0.25) is 0 Å². The summed E-state index contributed by atoms with van der Waals surface area (Å²) in [6.07, 6.45) is 0. The number of aromatic amines is 1. The van der Waals surface area contributed by atoms with E-state index in [0.717, 1.165) is 0 Å². The number of pyridine rings is 1. The molecule has 0 fully saturated rings. The fraction of sp³-hybridized carbons (Fsp3) is 0. The summed E-state index contributed by atoms with van der Waals surface area (Å²) in [5.74, 6) is 0. The zero-order chi connectivity index (χ0) is 13.7. The Hall–Kier alpha value is -1.83. The maximum atomic E-state index is 12.5. The predicted molar refractivity (Wildman–Crippen MR) is 83.6 cm³/mol. The molecule has 0 atom stereocenters. The molecule has 1 aromatic heterocycles. The number of nitrogens with one attached hydrogen (secondary N) is 1. The number of hydrogen-bond acceptors (Lipinski definition) is 1. The van der Waals surface area contributed by atoms with Gasteiger partial charge in [-0.25, -0.2) is 0 Å². The van der Waals surface area contributed by atoms with E-state index >= 15 is 0 Å². The molecule has 6 heteroatoms. The fourth-order valence-electron chi connectivity index (χ4n) is 2.25. The lowest BCUT2D eigenvalue weighted by Gasteiger charge is -2.16. The Balaban J connectivity index is 2.71. The van der Waals surface area contributed by atoms with Crippen LogP contribution in [-0.2, 0) is 0 Å². The van der Waals surface area contributed by atoms with E-state index in [1.807, 2.05) is 6.07 Å². The molecular formula is C13H5B4NO. The Labute approximate surface area is 115 Å². The second-order valence-electron chi connectivity index (χ2n) is 4.40. The molecule has 0 unspecified atom stereocenters. The molecule has 1 heterocycles. The Morgan fingerprint density at radius 3 is 2.21 bits per heavy atom. The second kappa shape index (κ2) is 4.09. The highest BCUT2D eigenvalue weighted by molar-refractivity contribution is 6.66. The number of hydrogen-bond donors (Lipinski definition) is 1. The molecule has 3 aromatic rings. The monoisotopic (exact) mass is 235 g/mol. The van der Waals surface area contributed by atoms with Crippen molar-refractivity contribution in [2.75, 3.05) is 0 Å². The number of rotatable bonds is 0. The summed E-state index contributed by atoms with van der Waals surface area (Å²) < 4.78 is 0. The van der Waals surface area contributed by atoms with Crippen LogP contribution < -0.4 is 27.3 Å². The summed E-state index contributed by atoms with van der Waals surface area (Å²) in [7, 11) is 23.4. The molecule has 2 nitrogen and oxygen atoms in total. The molecular weight excluding hydrogens is 229 g/mol. The molecule has 0 spiro atoms. The predicted octanol–water partition coefficient (Wildman–Crippen LogP) is -2.14. The molecule has 0 bridgehead atoms. The van der Waals surface area contributed by atoms with E-state index in [-0.39, 0.29) is 32.7 Å². The van der Waals surface area contributed by atoms with Crippen molar-refractivity contribution in [3.63, 3.8) is 0 Å². The van der Waals surface area contributed by atoms with Crippen LogP contribution in [0, 0.1) is 0 Å². The lowest BCUT2D eigenvalue weighted by atomic mass is 9.65. The van der Waals surface area contributed by atoms with Crippen molar-refractivity contribution in [3.8, 4) is 0 Å². The highest BCUT2D eigenvalue weighted by atomic mass is 16.1. The first kappa shape index (κ1) is 12.2. The van der Waals surface area contributed by atoms with Crippen molar-refractivity contribution in [2.45, 2.75) is 0 Å². The number of para-hydroxylation sites is 1. The lowest BCUT2D eigenvalue weighted by molar-refractivity contribution is 1.50. The van der Waals surface area contributed by atoms with E-state index in [9.17, 15) is 4.79 Å². The topological polar surface area (TPSA) is 32.9 Å². The van der Waals surface area contributed by atoms with E-state index in [4.69, 9.17) is 31.4 Å². The third-order valence-electron chi connectivity index (χ3n) is 3.32. The van der Waals surface area contributed by atoms with Crippen molar-refractivity contribution in [3.05, 3.63) is 34.5 Å². The van der Waals surface area contributed by atoms with E-state index in [1.165, 1.54) is 0 Å². The summed E-state index contributed by atoms with van der Waals surface area (Å²) in [5.41, 5.74) is 1.63. The van der Waals surface area contributed by atoms with Gasteiger partial charge in [-0.2, -0.15) is 0 Å². The van der Waals surface area contributed by atoms with Crippen LogP contribution in [0.5, 0.6) is 0 Å². The van der Waals surface area contributed by atoms with Crippen molar-refractivity contribution in [1.82, 2.24) is 4.98 Å². The van der Waals surface area contributed by atoms with Crippen LogP contribution in [0.1, 0.15) is 0 Å². The van der Waals surface area contributed by atoms with E-state index in [1.54, 1.807) is 18.2 Å². The van der Waals surface area contributed by atoms with Gasteiger partial charge in [-0.1, -0.05) is 23.1 Å². The maximum absolute atomic E-state index is 12.5. The zero-order valence-corrected chi connectivity index (χ0v) is 10.0. The summed E-state index contributed by atoms with van der Waals surface area (Å²) in [6.45, 7) is 0. The standard InChI is InChI=1S/C13H5B4NO/c14-8-7-12(11(17)10(16)9(8)15)18-6-4-2-1-3-5(6)13(7)19/h1-4H,(H,18,19). The van der Waals surface area contributed by atoms with Crippen LogP contribution in [0.3, 0.4) is 0 Å². The van der Waals surface area contributed by atoms with Crippen molar-refractivity contribution in [2.24, 2.45) is 0 Å².